The fourth-order valence-electron chi connectivity index (χ4n) is 2.15. The molecule has 0 N–H and O–H groups in total. The molecule has 2 aromatic carbocycles. The van der Waals surface area contributed by atoms with Gasteiger partial charge in [0.2, 0.25) is 5.82 Å². The van der Waals surface area contributed by atoms with Crippen molar-refractivity contribution in [1.82, 2.24) is 0 Å². The molecule has 0 unspecified atom stereocenters. The predicted molar refractivity (Wildman–Crippen MR) is 70.8 cm³/mol. The Morgan fingerprint density at radius 2 is 1.17 bits per heavy atom. The Bertz CT molecular complexity index is 761. The maximum atomic E-state index is 13.8. The summed E-state index contributed by atoms with van der Waals surface area (Å²) in [6, 6.07) is 2.09. The highest BCUT2D eigenvalue weighted by atomic mass is 19.4. The summed E-state index contributed by atoms with van der Waals surface area (Å²) in [4.78, 5) is 0. The normalized spacial score (nSPS) is 12.1. The van der Waals surface area contributed by atoms with Gasteiger partial charge in [0.05, 0.1) is 11.1 Å². The molecule has 0 atom stereocenters. The van der Waals surface area contributed by atoms with Crippen molar-refractivity contribution < 1.29 is 35.1 Å². The van der Waals surface area contributed by atoms with Crippen LogP contribution in [0.4, 0.5) is 35.1 Å². The lowest BCUT2D eigenvalue weighted by atomic mass is 9.93. The van der Waals surface area contributed by atoms with E-state index in [1.54, 1.807) is 0 Å². The number of hydrogen-bond acceptors (Lipinski definition) is 0. The summed E-state index contributed by atoms with van der Waals surface area (Å²) in [7, 11) is 0. The average molecular weight is 354 g/mol. The van der Waals surface area contributed by atoms with E-state index in [-0.39, 0.29) is 5.56 Å². The van der Waals surface area contributed by atoms with Crippen molar-refractivity contribution in [3.05, 3.63) is 58.4 Å². The molecule has 0 nitrogen and oxygen atoms in total. The average Bonchev–Trinajstić information content (AvgIpc) is 2.50. The van der Waals surface area contributed by atoms with Gasteiger partial charge in [-0.05, 0) is 29.2 Å². The highest BCUT2D eigenvalue weighted by Crippen LogP contribution is 2.38. The van der Waals surface area contributed by atoms with Crippen molar-refractivity contribution in [3.8, 4) is 11.1 Å². The van der Waals surface area contributed by atoms with Gasteiger partial charge in [-0.1, -0.05) is 19.9 Å². The quantitative estimate of drug-likeness (QED) is 0.343. The van der Waals surface area contributed by atoms with E-state index in [9.17, 15) is 35.1 Å². The van der Waals surface area contributed by atoms with Crippen LogP contribution < -0.4 is 0 Å². The third-order valence-corrected chi connectivity index (χ3v) is 3.45. The summed E-state index contributed by atoms with van der Waals surface area (Å²) in [5.41, 5.74) is -3.32. The van der Waals surface area contributed by atoms with Gasteiger partial charge >= 0.3 is 6.18 Å². The molecule has 0 fully saturated rings. The van der Waals surface area contributed by atoms with Crippen LogP contribution in [0.15, 0.2) is 18.2 Å². The van der Waals surface area contributed by atoms with E-state index in [2.05, 4.69) is 0 Å². The molecule has 0 aromatic heterocycles. The van der Waals surface area contributed by atoms with Crippen LogP contribution in [0.3, 0.4) is 0 Å². The predicted octanol–water partition coefficient (Wildman–Crippen LogP) is 6.19. The highest BCUT2D eigenvalue weighted by Gasteiger charge is 2.33. The summed E-state index contributed by atoms with van der Waals surface area (Å²) in [6.07, 6.45) is -4.84. The van der Waals surface area contributed by atoms with Gasteiger partial charge in [-0.2, -0.15) is 13.2 Å². The van der Waals surface area contributed by atoms with Gasteiger partial charge < -0.3 is 0 Å². The second kappa shape index (κ2) is 6.07. The molecule has 130 valence electrons. The third-order valence-electron chi connectivity index (χ3n) is 3.45. The van der Waals surface area contributed by atoms with Crippen molar-refractivity contribution in [3.63, 3.8) is 0 Å². The Balaban J connectivity index is 2.85. The Morgan fingerprint density at radius 3 is 1.58 bits per heavy atom. The van der Waals surface area contributed by atoms with Crippen molar-refractivity contribution in [2.75, 3.05) is 0 Å². The molecule has 0 heterocycles. The summed E-state index contributed by atoms with van der Waals surface area (Å²) in [6.45, 7) is 3.05. The number of halogens is 8. The van der Waals surface area contributed by atoms with Gasteiger partial charge in [-0.15, -0.1) is 0 Å². The molecular formula is C16H10F8. The fraction of sp³-hybridized carbons (Fsp3) is 0.250. The minimum absolute atomic E-state index is 0.0452. The Hall–Kier alpha value is -2.12. The Kier molecular flexibility index (Phi) is 4.61. The molecule has 0 aliphatic carbocycles. The summed E-state index contributed by atoms with van der Waals surface area (Å²) in [5.74, 6) is -11.6. The minimum atomic E-state index is -4.84. The number of rotatable bonds is 2. The lowest BCUT2D eigenvalue weighted by Gasteiger charge is -2.15. The van der Waals surface area contributed by atoms with E-state index in [4.69, 9.17) is 0 Å². The number of hydrogen-bond donors (Lipinski definition) is 0. The number of benzene rings is 2. The van der Waals surface area contributed by atoms with Gasteiger partial charge in [0, 0.05) is 0 Å². The minimum Gasteiger partial charge on any atom is -0.203 e. The summed E-state index contributed by atoms with van der Waals surface area (Å²) >= 11 is 0. The summed E-state index contributed by atoms with van der Waals surface area (Å²) in [5, 5.41) is 0. The molecule has 0 aliphatic rings. The Labute approximate surface area is 131 Å². The first-order chi connectivity index (χ1) is 10.9. The topological polar surface area (TPSA) is 0 Å². The van der Waals surface area contributed by atoms with Gasteiger partial charge in [-0.3, -0.25) is 0 Å². The number of alkyl halides is 3. The van der Waals surface area contributed by atoms with Crippen LogP contribution in [0.1, 0.15) is 30.9 Å². The van der Waals surface area contributed by atoms with Gasteiger partial charge in [0.1, 0.15) is 0 Å². The van der Waals surface area contributed by atoms with E-state index in [1.807, 2.05) is 0 Å². The van der Waals surface area contributed by atoms with E-state index >= 15 is 0 Å². The van der Waals surface area contributed by atoms with E-state index in [1.165, 1.54) is 13.8 Å². The lowest BCUT2D eigenvalue weighted by molar-refractivity contribution is -0.137. The van der Waals surface area contributed by atoms with Gasteiger partial charge in [-0.25, -0.2) is 22.0 Å². The second-order valence-electron chi connectivity index (χ2n) is 5.44. The van der Waals surface area contributed by atoms with Crippen LogP contribution in [0.5, 0.6) is 0 Å². The van der Waals surface area contributed by atoms with E-state index in [0.717, 1.165) is 12.1 Å². The maximum absolute atomic E-state index is 13.8. The van der Waals surface area contributed by atoms with E-state index in [0.29, 0.717) is 6.07 Å². The van der Waals surface area contributed by atoms with Crippen LogP contribution in [0, 0.1) is 29.1 Å². The Morgan fingerprint density at radius 1 is 0.708 bits per heavy atom. The molecule has 0 spiro atoms. The van der Waals surface area contributed by atoms with Crippen molar-refractivity contribution in [1.29, 1.82) is 0 Å². The molecule has 0 amide bonds. The fourth-order valence-corrected chi connectivity index (χ4v) is 2.15. The first-order valence-electron chi connectivity index (χ1n) is 6.69. The molecule has 0 saturated carbocycles. The van der Waals surface area contributed by atoms with Crippen molar-refractivity contribution in [2.24, 2.45) is 0 Å². The van der Waals surface area contributed by atoms with Crippen LogP contribution in [-0.2, 0) is 6.18 Å². The SMILES string of the molecule is CC(C)c1cc(-c2c(F)c(F)c(F)c(F)c2F)cc(C(F)(F)F)c1. The zero-order valence-corrected chi connectivity index (χ0v) is 12.3. The van der Waals surface area contributed by atoms with Crippen LogP contribution in [-0.4, -0.2) is 0 Å². The molecule has 0 aliphatic heterocycles. The lowest BCUT2D eigenvalue weighted by Crippen LogP contribution is -2.08. The molecule has 24 heavy (non-hydrogen) atoms. The molecule has 0 radical (unpaired) electrons. The highest BCUT2D eigenvalue weighted by molar-refractivity contribution is 5.67. The first kappa shape index (κ1) is 18.2. The molecule has 2 aromatic rings. The largest absolute Gasteiger partial charge is 0.416 e. The van der Waals surface area contributed by atoms with Gasteiger partial charge in [0.15, 0.2) is 23.3 Å². The van der Waals surface area contributed by atoms with Crippen LogP contribution >= 0.6 is 0 Å². The first-order valence-corrected chi connectivity index (χ1v) is 6.69. The maximum Gasteiger partial charge on any atom is 0.416 e. The summed E-state index contributed by atoms with van der Waals surface area (Å²) < 4.78 is 106. The van der Waals surface area contributed by atoms with Crippen LogP contribution in [0.2, 0.25) is 0 Å². The standard InChI is InChI=1S/C16H10F8/c1-6(2)7-3-8(5-9(4-7)16(22,23)24)10-11(17)13(19)15(21)14(20)12(10)18/h3-6H,1-2H3. The smallest absolute Gasteiger partial charge is 0.203 e. The van der Waals surface area contributed by atoms with Crippen molar-refractivity contribution in [2.45, 2.75) is 25.9 Å². The molecule has 2 rings (SSSR count). The molecule has 8 heteroatoms. The zero-order valence-electron chi connectivity index (χ0n) is 12.3. The second-order valence-corrected chi connectivity index (χ2v) is 5.44. The van der Waals surface area contributed by atoms with Crippen LogP contribution in [0.25, 0.3) is 11.1 Å². The van der Waals surface area contributed by atoms with E-state index < -0.39 is 57.9 Å². The molecular weight excluding hydrogens is 344 g/mol. The van der Waals surface area contributed by atoms with Crippen molar-refractivity contribution >= 4 is 0 Å². The third kappa shape index (κ3) is 3.09. The molecule has 0 bridgehead atoms. The molecule has 0 saturated heterocycles. The monoisotopic (exact) mass is 354 g/mol. The van der Waals surface area contributed by atoms with Gasteiger partial charge in [0.25, 0.3) is 0 Å². The zero-order chi connectivity index (χ0) is 18.4.